The Morgan fingerprint density at radius 1 is 1.46 bits per heavy atom. The second-order valence-electron chi connectivity index (χ2n) is 3.32. The minimum absolute atomic E-state index is 0.0891. The van der Waals surface area contributed by atoms with Gasteiger partial charge in [0.25, 0.3) is 0 Å². The van der Waals surface area contributed by atoms with E-state index >= 15 is 0 Å². The average molecular weight is 176 g/mol. The Balaban J connectivity index is 2.53. The molecule has 0 fully saturated rings. The van der Waals surface area contributed by atoms with Crippen LogP contribution in [0, 0.1) is 0 Å². The fraction of sp³-hybridized carbons (Fsp3) is 0.300. The van der Waals surface area contributed by atoms with Crippen molar-refractivity contribution in [3.63, 3.8) is 0 Å². The summed E-state index contributed by atoms with van der Waals surface area (Å²) in [5.41, 5.74) is 7.85. The van der Waals surface area contributed by atoms with Gasteiger partial charge >= 0.3 is 0 Å². The molecule has 3 heteroatoms. The Labute approximate surface area is 77.1 Å². The zero-order valence-corrected chi connectivity index (χ0v) is 7.53. The van der Waals surface area contributed by atoms with Gasteiger partial charge in [-0.05, 0) is 11.6 Å². The minimum Gasteiger partial charge on any atom is -0.323 e. The van der Waals surface area contributed by atoms with E-state index in [0.717, 1.165) is 11.3 Å². The monoisotopic (exact) mass is 176 g/mol. The van der Waals surface area contributed by atoms with E-state index in [4.69, 9.17) is 5.73 Å². The van der Waals surface area contributed by atoms with Crippen molar-refractivity contribution >= 4 is 11.6 Å². The van der Waals surface area contributed by atoms with E-state index in [-0.39, 0.29) is 11.9 Å². The molecule has 1 atom stereocenters. The Morgan fingerprint density at radius 2 is 2.15 bits per heavy atom. The molecule has 0 saturated heterocycles. The van der Waals surface area contributed by atoms with E-state index in [1.54, 1.807) is 11.9 Å². The van der Waals surface area contributed by atoms with Crippen molar-refractivity contribution in [3.05, 3.63) is 29.8 Å². The maximum Gasteiger partial charge on any atom is 0.228 e. The van der Waals surface area contributed by atoms with E-state index < -0.39 is 0 Å². The van der Waals surface area contributed by atoms with Crippen LogP contribution < -0.4 is 10.6 Å². The van der Waals surface area contributed by atoms with Crippen LogP contribution in [0.1, 0.15) is 18.0 Å². The molecule has 13 heavy (non-hydrogen) atoms. The van der Waals surface area contributed by atoms with E-state index in [1.807, 2.05) is 24.3 Å². The molecule has 1 amide bonds. The standard InChI is InChI=1S/C10H12N2O/c1-12-9-5-3-2-4-7(9)8(11)6-10(12)13/h2-5,8H,6,11H2,1H3/t8-/m1/s1. The maximum absolute atomic E-state index is 11.4. The fourth-order valence-corrected chi connectivity index (χ4v) is 1.68. The Kier molecular flexibility index (Phi) is 1.81. The topological polar surface area (TPSA) is 46.3 Å². The summed E-state index contributed by atoms with van der Waals surface area (Å²) in [6, 6.07) is 7.62. The van der Waals surface area contributed by atoms with Gasteiger partial charge in [0.15, 0.2) is 0 Å². The normalized spacial score (nSPS) is 21.5. The number of para-hydroxylation sites is 1. The Hall–Kier alpha value is -1.35. The van der Waals surface area contributed by atoms with Gasteiger partial charge in [0.1, 0.15) is 0 Å². The number of hydrogen-bond donors (Lipinski definition) is 1. The van der Waals surface area contributed by atoms with Crippen molar-refractivity contribution in [2.75, 3.05) is 11.9 Å². The highest BCUT2D eigenvalue weighted by Gasteiger charge is 2.25. The molecule has 1 aliphatic heterocycles. The Morgan fingerprint density at radius 3 is 2.92 bits per heavy atom. The number of hydrogen-bond acceptors (Lipinski definition) is 2. The fourth-order valence-electron chi connectivity index (χ4n) is 1.68. The van der Waals surface area contributed by atoms with Crippen molar-refractivity contribution in [3.8, 4) is 0 Å². The molecule has 0 spiro atoms. The molecule has 1 aromatic carbocycles. The highest BCUT2D eigenvalue weighted by atomic mass is 16.2. The molecule has 0 aliphatic carbocycles. The molecule has 1 aromatic rings. The van der Waals surface area contributed by atoms with E-state index in [0.29, 0.717) is 6.42 Å². The number of rotatable bonds is 0. The van der Waals surface area contributed by atoms with Gasteiger partial charge in [-0.2, -0.15) is 0 Å². The van der Waals surface area contributed by atoms with Gasteiger partial charge in [0.05, 0.1) is 0 Å². The van der Waals surface area contributed by atoms with Crippen LogP contribution in [0.2, 0.25) is 0 Å². The van der Waals surface area contributed by atoms with Crippen molar-refractivity contribution in [1.29, 1.82) is 0 Å². The lowest BCUT2D eigenvalue weighted by molar-refractivity contribution is -0.119. The van der Waals surface area contributed by atoms with Crippen molar-refractivity contribution in [2.24, 2.45) is 5.73 Å². The summed E-state index contributed by atoms with van der Waals surface area (Å²) < 4.78 is 0. The highest BCUT2D eigenvalue weighted by Crippen LogP contribution is 2.31. The summed E-state index contributed by atoms with van der Waals surface area (Å²) in [5.74, 6) is 0.0891. The van der Waals surface area contributed by atoms with Crippen LogP contribution in [0.3, 0.4) is 0 Å². The maximum atomic E-state index is 11.4. The number of nitrogens with zero attached hydrogens (tertiary/aromatic N) is 1. The zero-order valence-electron chi connectivity index (χ0n) is 7.53. The molecule has 0 aromatic heterocycles. The molecule has 0 bridgehead atoms. The Bertz CT molecular complexity index is 349. The van der Waals surface area contributed by atoms with Gasteiger partial charge in [0, 0.05) is 25.2 Å². The van der Waals surface area contributed by atoms with Crippen LogP contribution in [-0.2, 0) is 4.79 Å². The molecule has 2 rings (SSSR count). The van der Waals surface area contributed by atoms with Gasteiger partial charge in [0.2, 0.25) is 5.91 Å². The van der Waals surface area contributed by atoms with Crippen LogP contribution in [0.4, 0.5) is 5.69 Å². The molecule has 68 valence electrons. The molecule has 3 nitrogen and oxygen atoms in total. The number of carbonyl (C=O) groups is 1. The van der Waals surface area contributed by atoms with E-state index in [9.17, 15) is 4.79 Å². The summed E-state index contributed by atoms with van der Waals surface area (Å²) in [5, 5.41) is 0. The first-order valence-electron chi connectivity index (χ1n) is 4.31. The third-order valence-corrected chi connectivity index (χ3v) is 2.47. The molecular formula is C10H12N2O. The first kappa shape index (κ1) is 8.26. The predicted molar refractivity (Wildman–Crippen MR) is 51.4 cm³/mol. The zero-order chi connectivity index (χ0) is 9.42. The summed E-state index contributed by atoms with van der Waals surface area (Å²) in [7, 11) is 1.78. The number of carbonyl (C=O) groups excluding carboxylic acids is 1. The van der Waals surface area contributed by atoms with Crippen LogP contribution >= 0.6 is 0 Å². The lowest BCUT2D eigenvalue weighted by Gasteiger charge is -2.29. The number of fused-ring (bicyclic) bond motifs is 1. The van der Waals surface area contributed by atoms with Gasteiger partial charge in [-0.3, -0.25) is 4.79 Å². The largest absolute Gasteiger partial charge is 0.323 e. The van der Waals surface area contributed by atoms with Gasteiger partial charge in [-0.15, -0.1) is 0 Å². The highest BCUT2D eigenvalue weighted by molar-refractivity contribution is 5.96. The van der Waals surface area contributed by atoms with Gasteiger partial charge in [-0.25, -0.2) is 0 Å². The third kappa shape index (κ3) is 1.21. The second kappa shape index (κ2) is 2.85. The third-order valence-electron chi connectivity index (χ3n) is 2.47. The molecule has 1 heterocycles. The van der Waals surface area contributed by atoms with E-state index in [2.05, 4.69) is 0 Å². The van der Waals surface area contributed by atoms with Crippen LogP contribution in [-0.4, -0.2) is 13.0 Å². The quantitative estimate of drug-likeness (QED) is 0.642. The molecule has 0 radical (unpaired) electrons. The average Bonchev–Trinajstić information content (AvgIpc) is 2.15. The van der Waals surface area contributed by atoms with Crippen LogP contribution in [0.25, 0.3) is 0 Å². The first-order chi connectivity index (χ1) is 6.20. The van der Waals surface area contributed by atoms with Crippen LogP contribution in [0.15, 0.2) is 24.3 Å². The number of amides is 1. The molecule has 0 unspecified atom stereocenters. The van der Waals surface area contributed by atoms with Crippen molar-refractivity contribution in [1.82, 2.24) is 0 Å². The molecule has 1 aliphatic rings. The number of nitrogens with two attached hydrogens (primary N) is 1. The second-order valence-corrected chi connectivity index (χ2v) is 3.32. The van der Waals surface area contributed by atoms with Gasteiger partial charge < -0.3 is 10.6 Å². The SMILES string of the molecule is CN1C(=O)C[C@@H](N)c2ccccc21. The minimum atomic E-state index is -0.139. The van der Waals surface area contributed by atoms with Gasteiger partial charge in [-0.1, -0.05) is 18.2 Å². The lowest BCUT2D eigenvalue weighted by Crippen LogP contribution is -2.35. The predicted octanol–water partition coefficient (Wildman–Crippen LogP) is 1.05. The number of anilines is 1. The lowest BCUT2D eigenvalue weighted by atomic mass is 9.97. The summed E-state index contributed by atoms with van der Waals surface area (Å²) >= 11 is 0. The summed E-state index contributed by atoms with van der Waals surface area (Å²) in [4.78, 5) is 13.1. The van der Waals surface area contributed by atoms with Crippen LogP contribution in [0.5, 0.6) is 0 Å². The van der Waals surface area contributed by atoms with E-state index in [1.165, 1.54) is 0 Å². The van der Waals surface area contributed by atoms with Crippen molar-refractivity contribution < 1.29 is 4.79 Å². The summed E-state index contributed by atoms with van der Waals surface area (Å²) in [6.07, 6.45) is 0.410. The molecule has 2 N–H and O–H groups in total. The molecule has 0 saturated carbocycles. The smallest absolute Gasteiger partial charge is 0.228 e. The first-order valence-corrected chi connectivity index (χ1v) is 4.31. The van der Waals surface area contributed by atoms with Crippen molar-refractivity contribution in [2.45, 2.75) is 12.5 Å². The molecular weight excluding hydrogens is 164 g/mol. The number of benzene rings is 1. The summed E-state index contributed by atoms with van der Waals surface area (Å²) in [6.45, 7) is 0.